The summed E-state index contributed by atoms with van der Waals surface area (Å²) in [7, 11) is 0. The summed E-state index contributed by atoms with van der Waals surface area (Å²) < 4.78 is 6.34. The lowest BCUT2D eigenvalue weighted by molar-refractivity contribution is 0.669. The van der Waals surface area contributed by atoms with Crippen LogP contribution in [0.4, 0.5) is 17.1 Å². The Morgan fingerprint density at radius 1 is 0.278 bits per heavy atom. The molecule has 254 valence electrons. The van der Waals surface area contributed by atoms with E-state index in [1.165, 1.54) is 49.7 Å². The molecule has 0 atom stereocenters. The molecule has 0 aliphatic rings. The van der Waals surface area contributed by atoms with E-state index in [1.807, 2.05) is 12.1 Å². The summed E-state index contributed by atoms with van der Waals surface area (Å²) in [5, 5.41) is 4.77. The fraction of sp³-hybridized carbons (Fsp3) is 0. The molecule has 54 heavy (non-hydrogen) atoms. The third-order valence-electron chi connectivity index (χ3n) is 10.5. The maximum absolute atomic E-state index is 6.34. The lowest BCUT2D eigenvalue weighted by Crippen LogP contribution is -2.09. The van der Waals surface area contributed by atoms with Gasteiger partial charge in [0.05, 0.1) is 0 Å². The number of para-hydroxylation sites is 1. The zero-order valence-corrected chi connectivity index (χ0v) is 29.6. The van der Waals surface area contributed by atoms with Crippen molar-refractivity contribution >= 4 is 49.8 Å². The molecule has 0 aliphatic carbocycles. The van der Waals surface area contributed by atoms with Crippen molar-refractivity contribution in [3.63, 3.8) is 0 Å². The molecule has 9 aromatic carbocycles. The van der Waals surface area contributed by atoms with Gasteiger partial charge in [0.1, 0.15) is 11.2 Å². The Morgan fingerprint density at radius 2 is 0.759 bits per heavy atom. The van der Waals surface area contributed by atoms with Gasteiger partial charge in [-0.05, 0) is 110 Å². The van der Waals surface area contributed by atoms with Crippen LogP contribution < -0.4 is 4.90 Å². The average molecular weight is 690 g/mol. The van der Waals surface area contributed by atoms with Gasteiger partial charge >= 0.3 is 0 Å². The molecule has 0 bridgehead atoms. The first kappa shape index (κ1) is 31.6. The van der Waals surface area contributed by atoms with Crippen LogP contribution in [0, 0.1) is 0 Å². The van der Waals surface area contributed by atoms with Crippen LogP contribution in [0.15, 0.2) is 217 Å². The van der Waals surface area contributed by atoms with Gasteiger partial charge in [0.2, 0.25) is 0 Å². The Hall–Kier alpha value is -7.16. The first-order chi connectivity index (χ1) is 26.7. The van der Waals surface area contributed by atoms with Crippen molar-refractivity contribution in [2.45, 2.75) is 0 Å². The molecule has 1 aromatic heterocycles. The minimum atomic E-state index is 0.873. The molecule has 0 N–H and O–H groups in total. The molecule has 10 aromatic rings. The second-order valence-electron chi connectivity index (χ2n) is 13.8. The Bertz CT molecular complexity index is 2920. The second kappa shape index (κ2) is 13.4. The minimum absolute atomic E-state index is 0.873. The highest BCUT2D eigenvalue weighted by Gasteiger charge is 2.16. The van der Waals surface area contributed by atoms with E-state index in [2.05, 4.69) is 205 Å². The summed E-state index contributed by atoms with van der Waals surface area (Å²) in [6.07, 6.45) is 0. The molecule has 0 fully saturated rings. The summed E-state index contributed by atoms with van der Waals surface area (Å²) in [5.41, 5.74) is 14.5. The Balaban J connectivity index is 1.01. The molecule has 0 saturated heterocycles. The Morgan fingerprint density at radius 3 is 1.50 bits per heavy atom. The first-order valence-electron chi connectivity index (χ1n) is 18.4. The lowest BCUT2D eigenvalue weighted by atomic mass is 9.94. The number of furan rings is 1. The smallest absolute Gasteiger partial charge is 0.137 e. The standard InChI is InChI=1S/C52H35NO/c1-2-11-36(12-3-1)37-23-27-44(28-24-37)53(46-31-32-50-49-20-6-7-22-51(49)54-52(50)35-46)45-29-25-38(26-30-45)40-15-8-16-41(33-40)42-17-9-18-43(34-42)48-21-10-14-39-13-4-5-19-47(39)48/h1-35H. The van der Waals surface area contributed by atoms with Gasteiger partial charge in [-0.2, -0.15) is 0 Å². The molecule has 10 rings (SSSR count). The SMILES string of the molecule is c1ccc(-c2ccc(N(c3ccc(-c4cccc(-c5cccc(-c6cccc7ccccc67)c5)c4)cc3)c3ccc4c(c3)oc3ccccc34)cc2)cc1. The molecule has 0 amide bonds. The van der Waals surface area contributed by atoms with E-state index in [1.54, 1.807) is 0 Å². The number of anilines is 3. The lowest BCUT2D eigenvalue weighted by Gasteiger charge is -2.26. The summed E-state index contributed by atoms with van der Waals surface area (Å²) in [6, 6.07) is 75.9. The molecular formula is C52H35NO. The molecule has 1 heterocycles. The Kier molecular flexibility index (Phi) is 7.85. The maximum Gasteiger partial charge on any atom is 0.137 e. The largest absolute Gasteiger partial charge is 0.456 e. The van der Waals surface area contributed by atoms with Gasteiger partial charge in [0, 0.05) is 33.9 Å². The summed E-state index contributed by atoms with van der Waals surface area (Å²) in [4.78, 5) is 2.31. The van der Waals surface area contributed by atoms with Crippen LogP contribution in [0.1, 0.15) is 0 Å². The van der Waals surface area contributed by atoms with Crippen LogP contribution in [-0.2, 0) is 0 Å². The average Bonchev–Trinajstić information content (AvgIpc) is 3.62. The highest BCUT2D eigenvalue weighted by atomic mass is 16.3. The van der Waals surface area contributed by atoms with Crippen LogP contribution in [-0.4, -0.2) is 0 Å². The third kappa shape index (κ3) is 5.81. The molecule has 2 nitrogen and oxygen atoms in total. The maximum atomic E-state index is 6.34. The van der Waals surface area contributed by atoms with Crippen molar-refractivity contribution in [1.82, 2.24) is 0 Å². The predicted octanol–water partition coefficient (Wildman–Crippen LogP) is 14.9. The Labute approximate surface area is 314 Å². The van der Waals surface area contributed by atoms with Gasteiger partial charge in [-0.1, -0.05) is 152 Å². The van der Waals surface area contributed by atoms with E-state index < -0.39 is 0 Å². The summed E-state index contributed by atoms with van der Waals surface area (Å²) in [6.45, 7) is 0. The van der Waals surface area contributed by atoms with E-state index in [0.29, 0.717) is 0 Å². The number of hydrogen-bond donors (Lipinski definition) is 0. The molecule has 0 saturated carbocycles. The molecular weight excluding hydrogens is 655 g/mol. The monoisotopic (exact) mass is 689 g/mol. The first-order valence-corrected chi connectivity index (χ1v) is 18.4. The van der Waals surface area contributed by atoms with Crippen LogP contribution in [0.2, 0.25) is 0 Å². The molecule has 0 unspecified atom stereocenters. The van der Waals surface area contributed by atoms with Crippen molar-refractivity contribution in [2.24, 2.45) is 0 Å². The van der Waals surface area contributed by atoms with Crippen LogP contribution >= 0.6 is 0 Å². The molecule has 2 heteroatoms. The van der Waals surface area contributed by atoms with Crippen LogP contribution in [0.3, 0.4) is 0 Å². The molecule has 0 radical (unpaired) electrons. The summed E-state index contributed by atoms with van der Waals surface area (Å²) >= 11 is 0. The third-order valence-corrected chi connectivity index (χ3v) is 10.5. The fourth-order valence-electron chi connectivity index (χ4n) is 7.76. The number of rotatable bonds is 7. The minimum Gasteiger partial charge on any atom is -0.456 e. The van der Waals surface area contributed by atoms with E-state index in [0.717, 1.165) is 44.6 Å². The van der Waals surface area contributed by atoms with Crippen molar-refractivity contribution in [1.29, 1.82) is 0 Å². The van der Waals surface area contributed by atoms with Gasteiger partial charge in [-0.3, -0.25) is 0 Å². The van der Waals surface area contributed by atoms with Gasteiger partial charge < -0.3 is 9.32 Å². The van der Waals surface area contributed by atoms with E-state index in [-0.39, 0.29) is 0 Å². The zero-order valence-electron chi connectivity index (χ0n) is 29.6. The van der Waals surface area contributed by atoms with Gasteiger partial charge in [-0.15, -0.1) is 0 Å². The normalized spacial score (nSPS) is 11.3. The second-order valence-corrected chi connectivity index (χ2v) is 13.8. The molecule has 0 spiro atoms. The number of benzene rings is 9. The molecule has 0 aliphatic heterocycles. The quantitative estimate of drug-likeness (QED) is 0.166. The fourth-order valence-corrected chi connectivity index (χ4v) is 7.76. The van der Waals surface area contributed by atoms with Gasteiger partial charge in [0.15, 0.2) is 0 Å². The van der Waals surface area contributed by atoms with Crippen LogP contribution in [0.25, 0.3) is 77.2 Å². The van der Waals surface area contributed by atoms with Crippen molar-refractivity contribution < 1.29 is 4.42 Å². The predicted molar refractivity (Wildman–Crippen MR) is 228 cm³/mol. The van der Waals surface area contributed by atoms with Gasteiger partial charge in [0.25, 0.3) is 0 Å². The number of nitrogens with zero attached hydrogens (tertiary/aromatic N) is 1. The van der Waals surface area contributed by atoms with Crippen molar-refractivity contribution in [3.8, 4) is 44.5 Å². The number of hydrogen-bond acceptors (Lipinski definition) is 2. The summed E-state index contributed by atoms with van der Waals surface area (Å²) in [5.74, 6) is 0. The van der Waals surface area contributed by atoms with E-state index >= 15 is 0 Å². The van der Waals surface area contributed by atoms with E-state index in [4.69, 9.17) is 4.42 Å². The van der Waals surface area contributed by atoms with E-state index in [9.17, 15) is 0 Å². The van der Waals surface area contributed by atoms with Crippen molar-refractivity contribution in [3.05, 3.63) is 212 Å². The zero-order chi connectivity index (χ0) is 35.8. The number of fused-ring (bicyclic) bond motifs is 4. The highest BCUT2D eigenvalue weighted by molar-refractivity contribution is 6.06. The van der Waals surface area contributed by atoms with Crippen LogP contribution in [0.5, 0.6) is 0 Å². The van der Waals surface area contributed by atoms with Gasteiger partial charge in [-0.25, -0.2) is 0 Å². The topological polar surface area (TPSA) is 16.4 Å². The highest BCUT2D eigenvalue weighted by Crippen LogP contribution is 2.40. The van der Waals surface area contributed by atoms with Crippen molar-refractivity contribution in [2.75, 3.05) is 4.90 Å².